The van der Waals surface area contributed by atoms with Crippen molar-refractivity contribution in [2.45, 2.75) is 315 Å². The van der Waals surface area contributed by atoms with Crippen LogP contribution >= 0.6 is 7.82 Å². The molecule has 0 aromatic heterocycles. The maximum atomic E-state index is 13.0. The lowest BCUT2D eigenvalue weighted by atomic mass is 10.0. The Balaban J connectivity index is 4.03. The molecule has 420 valence electrons. The van der Waals surface area contributed by atoms with Crippen LogP contribution in [-0.4, -0.2) is 73.4 Å². The van der Waals surface area contributed by atoms with E-state index in [1.54, 1.807) is 6.08 Å². The van der Waals surface area contributed by atoms with Crippen molar-refractivity contribution in [1.29, 1.82) is 0 Å². The van der Waals surface area contributed by atoms with Crippen LogP contribution in [0.2, 0.25) is 0 Å². The van der Waals surface area contributed by atoms with Crippen LogP contribution in [0.5, 0.6) is 0 Å². The number of nitrogens with zero attached hydrogens (tertiary/aromatic N) is 1. The highest BCUT2D eigenvalue weighted by Gasteiger charge is 2.27. The number of phosphoric acid groups is 1. The highest BCUT2D eigenvalue weighted by molar-refractivity contribution is 7.47. The molecule has 0 rings (SSSR count). The first-order chi connectivity index (χ1) is 34.5. The van der Waals surface area contributed by atoms with E-state index in [2.05, 4.69) is 43.5 Å². The van der Waals surface area contributed by atoms with E-state index in [4.69, 9.17) is 9.05 Å². The number of phosphoric ester groups is 1. The van der Waals surface area contributed by atoms with Crippen molar-refractivity contribution in [3.8, 4) is 0 Å². The van der Waals surface area contributed by atoms with Crippen molar-refractivity contribution in [2.24, 2.45) is 0 Å². The van der Waals surface area contributed by atoms with Gasteiger partial charge < -0.3 is 19.8 Å². The van der Waals surface area contributed by atoms with Crippen LogP contribution < -0.4 is 5.32 Å². The number of allylic oxidation sites excluding steroid dienone is 5. The predicted molar refractivity (Wildman–Crippen MR) is 309 cm³/mol. The second-order valence-electron chi connectivity index (χ2n) is 22.4. The fraction of sp³-hybridized carbons (Fsp3) is 0.887. The number of carbonyl (C=O) groups is 1. The molecular formula is C62H122N2O6P+. The predicted octanol–water partition coefficient (Wildman–Crippen LogP) is 18.9. The summed E-state index contributed by atoms with van der Waals surface area (Å²) in [5.41, 5.74) is 0. The van der Waals surface area contributed by atoms with Gasteiger partial charge in [0.2, 0.25) is 5.91 Å². The van der Waals surface area contributed by atoms with Gasteiger partial charge in [0.05, 0.1) is 39.9 Å². The van der Waals surface area contributed by atoms with Crippen LogP contribution in [0, 0.1) is 0 Å². The van der Waals surface area contributed by atoms with Crippen LogP contribution in [0.25, 0.3) is 0 Å². The lowest BCUT2D eigenvalue weighted by molar-refractivity contribution is -0.870. The Morgan fingerprint density at radius 3 is 1.13 bits per heavy atom. The third kappa shape index (κ3) is 56.3. The zero-order valence-electron chi connectivity index (χ0n) is 48.0. The van der Waals surface area contributed by atoms with Crippen LogP contribution in [0.15, 0.2) is 36.5 Å². The SMILES string of the molecule is CCCCCCCC/C=C/CC/C=C/CC/C=C/C(O)C(COP(=O)(O)OCC[N+](C)(C)C)NC(=O)CCCCCCCCCCCCCCCCCCCCCCCCCCCCCCCCCCC. The summed E-state index contributed by atoms with van der Waals surface area (Å²) in [5.74, 6) is -0.186. The molecule has 0 aromatic carbocycles. The fourth-order valence-corrected chi connectivity index (χ4v) is 9.99. The normalized spacial score (nSPS) is 14.1. The number of carbonyl (C=O) groups excluding carboxylic acids is 1. The van der Waals surface area contributed by atoms with Gasteiger partial charge in [-0.15, -0.1) is 0 Å². The molecule has 0 aliphatic rings. The molecule has 0 saturated heterocycles. The molecule has 3 unspecified atom stereocenters. The number of quaternary nitrogens is 1. The van der Waals surface area contributed by atoms with E-state index in [0.717, 1.165) is 44.9 Å². The Labute approximate surface area is 442 Å². The summed E-state index contributed by atoms with van der Waals surface area (Å²) in [6.07, 6.45) is 70.0. The molecule has 0 aromatic rings. The maximum absolute atomic E-state index is 13.0. The molecule has 0 spiro atoms. The van der Waals surface area contributed by atoms with Gasteiger partial charge in [0.15, 0.2) is 0 Å². The summed E-state index contributed by atoms with van der Waals surface area (Å²) < 4.78 is 23.7. The molecule has 3 N–H and O–H groups in total. The minimum Gasteiger partial charge on any atom is -0.387 e. The minimum absolute atomic E-state index is 0.0550. The summed E-state index contributed by atoms with van der Waals surface area (Å²) in [4.78, 5) is 23.3. The van der Waals surface area contributed by atoms with E-state index in [1.165, 1.54) is 238 Å². The average Bonchev–Trinajstić information content (AvgIpc) is 3.33. The number of aliphatic hydroxyl groups is 1. The highest BCUT2D eigenvalue weighted by atomic mass is 31.2. The van der Waals surface area contributed by atoms with E-state index in [0.29, 0.717) is 17.4 Å². The zero-order valence-corrected chi connectivity index (χ0v) is 48.9. The number of likely N-dealkylation sites (N-methyl/N-ethyl adjacent to an activating group) is 1. The first-order valence-corrected chi connectivity index (χ1v) is 32.4. The molecule has 0 bridgehead atoms. The van der Waals surface area contributed by atoms with E-state index >= 15 is 0 Å². The molecular weight excluding hydrogens is 900 g/mol. The Morgan fingerprint density at radius 1 is 0.465 bits per heavy atom. The zero-order chi connectivity index (χ0) is 52.0. The third-order valence-electron chi connectivity index (χ3n) is 14.1. The Hall–Kier alpha value is -1.28. The lowest BCUT2D eigenvalue weighted by Crippen LogP contribution is -2.45. The molecule has 0 saturated carbocycles. The monoisotopic (exact) mass is 1020 g/mol. The van der Waals surface area contributed by atoms with Crippen molar-refractivity contribution in [2.75, 3.05) is 40.9 Å². The molecule has 0 radical (unpaired) electrons. The van der Waals surface area contributed by atoms with Crippen LogP contribution in [0.3, 0.4) is 0 Å². The van der Waals surface area contributed by atoms with Gasteiger partial charge in [-0.25, -0.2) is 4.57 Å². The van der Waals surface area contributed by atoms with Gasteiger partial charge in [-0.1, -0.05) is 288 Å². The minimum atomic E-state index is -4.36. The molecule has 9 heteroatoms. The first kappa shape index (κ1) is 69.7. The summed E-state index contributed by atoms with van der Waals surface area (Å²) in [5, 5.41) is 13.9. The molecule has 1 amide bonds. The number of rotatable bonds is 57. The lowest BCUT2D eigenvalue weighted by Gasteiger charge is -2.25. The van der Waals surface area contributed by atoms with E-state index in [1.807, 2.05) is 27.2 Å². The number of unbranched alkanes of at least 4 members (excludes halogenated alkanes) is 40. The number of hydrogen-bond donors (Lipinski definition) is 3. The molecule has 0 aliphatic carbocycles. The first-order valence-electron chi connectivity index (χ1n) is 30.9. The van der Waals surface area contributed by atoms with Gasteiger partial charge in [-0.2, -0.15) is 0 Å². The Bertz CT molecular complexity index is 1250. The van der Waals surface area contributed by atoms with Crippen LogP contribution in [-0.2, 0) is 18.4 Å². The number of hydrogen-bond acceptors (Lipinski definition) is 5. The molecule has 0 fully saturated rings. The number of aliphatic hydroxyl groups excluding tert-OH is 1. The summed E-state index contributed by atoms with van der Waals surface area (Å²) >= 11 is 0. The van der Waals surface area contributed by atoms with Crippen molar-refractivity contribution >= 4 is 13.7 Å². The van der Waals surface area contributed by atoms with Gasteiger partial charge in [-0.3, -0.25) is 13.8 Å². The molecule has 0 aliphatic heterocycles. The second kappa shape index (κ2) is 53.5. The summed E-state index contributed by atoms with van der Waals surface area (Å²) in [6, 6.07) is -0.867. The Morgan fingerprint density at radius 2 is 0.775 bits per heavy atom. The van der Waals surface area contributed by atoms with Crippen molar-refractivity contribution in [3.63, 3.8) is 0 Å². The second-order valence-corrected chi connectivity index (χ2v) is 23.9. The van der Waals surface area contributed by atoms with Gasteiger partial charge in [0, 0.05) is 6.42 Å². The fourth-order valence-electron chi connectivity index (χ4n) is 9.25. The van der Waals surface area contributed by atoms with Gasteiger partial charge in [0.1, 0.15) is 13.2 Å². The largest absolute Gasteiger partial charge is 0.472 e. The number of amides is 1. The van der Waals surface area contributed by atoms with Gasteiger partial charge in [0.25, 0.3) is 0 Å². The standard InChI is InChI=1S/C62H121N2O6P/c1-6-8-10-12-14-16-18-20-22-24-25-26-27-28-29-30-31-32-33-34-35-36-37-38-39-40-42-44-46-48-50-52-54-56-62(66)63-60(59-70-71(67,68)69-58-57-64(3,4)5)61(65)55-53-51-49-47-45-43-41-23-21-19-17-15-13-11-9-7-2/h21,23,45,47,53,55,60-61,65H,6-20,22,24-44,46,48-52,54,56-59H2,1-5H3,(H-,63,66,67,68)/p+1/b23-21+,47-45+,55-53+. The van der Waals surface area contributed by atoms with Gasteiger partial charge in [-0.05, 0) is 44.9 Å². The smallest absolute Gasteiger partial charge is 0.387 e. The number of nitrogens with one attached hydrogen (secondary N) is 1. The molecule has 8 nitrogen and oxygen atoms in total. The van der Waals surface area contributed by atoms with Crippen LogP contribution in [0.1, 0.15) is 303 Å². The van der Waals surface area contributed by atoms with Crippen molar-refractivity contribution < 1.29 is 32.9 Å². The van der Waals surface area contributed by atoms with Gasteiger partial charge >= 0.3 is 7.82 Å². The quantitative estimate of drug-likeness (QED) is 0.0243. The molecule has 71 heavy (non-hydrogen) atoms. The molecule has 3 atom stereocenters. The van der Waals surface area contributed by atoms with Crippen molar-refractivity contribution in [1.82, 2.24) is 5.32 Å². The molecule has 0 heterocycles. The third-order valence-corrected chi connectivity index (χ3v) is 15.1. The maximum Gasteiger partial charge on any atom is 0.472 e. The summed E-state index contributed by atoms with van der Waals surface area (Å²) in [6.45, 7) is 4.81. The van der Waals surface area contributed by atoms with Crippen molar-refractivity contribution in [3.05, 3.63) is 36.5 Å². The van der Waals surface area contributed by atoms with Crippen LogP contribution in [0.4, 0.5) is 0 Å². The summed E-state index contributed by atoms with van der Waals surface area (Å²) in [7, 11) is 1.56. The topological polar surface area (TPSA) is 105 Å². The Kier molecular flexibility index (Phi) is 52.6. The highest BCUT2D eigenvalue weighted by Crippen LogP contribution is 2.43. The van der Waals surface area contributed by atoms with E-state index < -0.39 is 20.0 Å². The van der Waals surface area contributed by atoms with E-state index in [-0.39, 0.29) is 19.1 Å². The average molecular weight is 1020 g/mol. The van der Waals surface area contributed by atoms with E-state index in [9.17, 15) is 19.4 Å².